The lowest BCUT2D eigenvalue weighted by Crippen LogP contribution is -2.46. The molecule has 0 unspecified atom stereocenters. The van der Waals surface area contributed by atoms with Gasteiger partial charge >= 0.3 is 5.97 Å². The Bertz CT molecular complexity index is 452. The van der Waals surface area contributed by atoms with Crippen molar-refractivity contribution in [3.63, 3.8) is 0 Å². The topological polar surface area (TPSA) is 71.5 Å². The van der Waals surface area contributed by atoms with Gasteiger partial charge in [-0.3, -0.25) is 15.1 Å². The monoisotopic (exact) mass is 266 g/mol. The lowest BCUT2D eigenvalue weighted by molar-refractivity contribution is -0.146. The van der Waals surface area contributed by atoms with Crippen LogP contribution in [0, 0.1) is 12.3 Å². The smallest absolute Gasteiger partial charge is 0.323 e. The summed E-state index contributed by atoms with van der Waals surface area (Å²) < 4.78 is 4.80. The zero-order valence-electron chi connectivity index (χ0n) is 12.2. The number of nitrogens with one attached hydrogen (secondary N) is 1. The van der Waals surface area contributed by atoms with Gasteiger partial charge in [-0.15, -0.1) is 0 Å². The minimum absolute atomic E-state index is 0.121. The van der Waals surface area contributed by atoms with Crippen LogP contribution in [0.15, 0.2) is 12.1 Å². The zero-order chi connectivity index (χ0) is 14.6. The number of hydrogen-bond donors (Lipinski definition) is 2. The molecule has 1 aromatic heterocycles. The molecule has 0 bridgehead atoms. The van der Waals surface area contributed by atoms with Gasteiger partial charge in [0, 0.05) is 12.2 Å². The molecule has 5 heteroatoms. The minimum atomic E-state index is -0.459. The van der Waals surface area contributed by atoms with Crippen molar-refractivity contribution in [2.45, 2.75) is 40.3 Å². The Hall–Kier alpha value is -1.62. The van der Waals surface area contributed by atoms with Gasteiger partial charge in [-0.1, -0.05) is 20.8 Å². The van der Waals surface area contributed by atoms with E-state index in [2.05, 4.69) is 10.3 Å². The van der Waals surface area contributed by atoms with Crippen LogP contribution in [-0.4, -0.2) is 29.2 Å². The lowest BCUT2D eigenvalue weighted by Gasteiger charge is -2.29. The molecular weight excluding hydrogens is 244 g/mol. The highest BCUT2D eigenvalue weighted by Gasteiger charge is 2.31. The molecule has 0 aliphatic heterocycles. The third-order valence-electron chi connectivity index (χ3n) is 2.87. The quantitative estimate of drug-likeness (QED) is 0.813. The zero-order valence-corrected chi connectivity index (χ0v) is 12.2. The van der Waals surface area contributed by atoms with Crippen LogP contribution in [-0.2, 0) is 16.1 Å². The van der Waals surface area contributed by atoms with Crippen LogP contribution in [0.1, 0.15) is 32.2 Å². The van der Waals surface area contributed by atoms with E-state index >= 15 is 0 Å². The average molecular weight is 266 g/mol. The van der Waals surface area contributed by atoms with Crippen LogP contribution in [0.3, 0.4) is 0 Å². The van der Waals surface area contributed by atoms with Gasteiger partial charge < -0.3 is 9.84 Å². The van der Waals surface area contributed by atoms with Gasteiger partial charge in [0.05, 0.1) is 12.8 Å². The number of carbonyl (C=O) groups is 1. The second kappa shape index (κ2) is 6.02. The first-order chi connectivity index (χ1) is 8.75. The third kappa shape index (κ3) is 4.21. The van der Waals surface area contributed by atoms with Gasteiger partial charge in [0.2, 0.25) is 0 Å². The largest absolute Gasteiger partial charge is 0.506 e. The second-order valence-corrected chi connectivity index (χ2v) is 5.62. The normalized spacial score (nSPS) is 13.1. The summed E-state index contributed by atoms with van der Waals surface area (Å²) in [5.41, 5.74) is 1.06. The Morgan fingerprint density at radius 1 is 1.47 bits per heavy atom. The van der Waals surface area contributed by atoms with Crippen LogP contribution in [0.5, 0.6) is 5.75 Å². The van der Waals surface area contributed by atoms with Gasteiger partial charge in [-0.2, -0.15) is 0 Å². The molecule has 0 radical (unpaired) electrons. The number of rotatable bonds is 4. The van der Waals surface area contributed by atoms with E-state index < -0.39 is 6.04 Å². The van der Waals surface area contributed by atoms with Crippen molar-refractivity contribution in [1.82, 2.24) is 10.3 Å². The molecular formula is C14H22N2O3. The molecule has 2 N–H and O–H groups in total. The summed E-state index contributed by atoms with van der Waals surface area (Å²) >= 11 is 0. The lowest BCUT2D eigenvalue weighted by atomic mass is 9.86. The summed E-state index contributed by atoms with van der Waals surface area (Å²) in [6.45, 7) is 8.01. The number of aryl methyl sites for hydroxylation is 1. The maximum Gasteiger partial charge on any atom is 0.323 e. The molecule has 1 atom stereocenters. The molecule has 19 heavy (non-hydrogen) atoms. The van der Waals surface area contributed by atoms with Gasteiger partial charge in [0.25, 0.3) is 0 Å². The number of pyridine rings is 1. The Labute approximate surface area is 114 Å². The Morgan fingerprint density at radius 3 is 2.63 bits per heavy atom. The van der Waals surface area contributed by atoms with Crippen molar-refractivity contribution in [2.75, 3.05) is 7.11 Å². The van der Waals surface area contributed by atoms with Crippen molar-refractivity contribution in [3.05, 3.63) is 23.5 Å². The first-order valence-corrected chi connectivity index (χ1v) is 6.22. The molecule has 0 amide bonds. The fraction of sp³-hybridized carbons (Fsp3) is 0.571. The van der Waals surface area contributed by atoms with Crippen molar-refractivity contribution in [2.24, 2.45) is 5.41 Å². The summed E-state index contributed by atoms with van der Waals surface area (Å²) in [6.07, 6.45) is 0. The highest BCUT2D eigenvalue weighted by atomic mass is 16.5. The Balaban J connectivity index is 2.82. The van der Waals surface area contributed by atoms with Crippen molar-refractivity contribution >= 4 is 5.97 Å². The number of carbonyl (C=O) groups excluding carboxylic acids is 1. The molecule has 0 aliphatic carbocycles. The number of nitrogens with zero attached hydrogens (tertiary/aromatic N) is 1. The molecule has 1 aromatic rings. The molecule has 0 saturated carbocycles. The van der Waals surface area contributed by atoms with Gasteiger partial charge in [0.15, 0.2) is 0 Å². The second-order valence-electron chi connectivity index (χ2n) is 5.62. The predicted octanol–water partition coefficient (Wildman–Crippen LogP) is 1.77. The molecule has 0 saturated heterocycles. The van der Waals surface area contributed by atoms with Crippen LogP contribution >= 0.6 is 0 Å². The first kappa shape index (κ1) is 15.4. The van der Waals surface area contributed by atoms with E-state index in [-0.39, 0.29) is 17.1 Å². The molecule has 0 spiro atoms. The number of aromatic nitrogens is 1. The van der Waals surface area contributed by atoms with Crippen molar-refractivity contribution in [1.29, 1.82) is 0 Å². The van der Waals surface area contributed by atoms with Crippen LogP contribution in [0.25, 0.3) is 0 Å². The van der Waals surface area contributed by atoms with Crippen LogP contribution < -0.4 is 5.32 Å². The van der Waals surface area contributed by atoms with Crippen LogP contribution in [0.2, 0.25) is 0 Å². The van der Waals surface area contributed by atoms with E-state index in [9.17, 15) is 9.90 Å². The number of ether oxygens (including phenoxy) is 1. The number of hydrogen-bond acceptors (Lipinski definition) is 5. The fourth-order valence-corrected chi connectivity index (χ4v) is 1.79. The van der Waals surface area contributed by atoms with Crippen molar-refractivity contribution in [3.8, 4) is 5.75 Å². The van der Waals surface area contributed by atoms with E-state index in [1.165, 1.54) is 7.11 Å². The molecule has 0 aromatic carbocycles. The summed E-state index contributed by atoms with van der Waals surface area (Å²) in [7, 11) is 1.37. The number of esters is 1. The van der Waals surface area contributed by atoms with Gasteiger partial charge in [-0.25, -0.2) is 0 Å². The van der Waals surface area contributed by atoms with E-state index in [1.807, 2.05) is 27.7 Å². The maximum absolute atomic E-state index is 11.8. The highest BCUT2D eigenvalue weighted by molar-refractivity contribution is 5.76. The Morgan fingerprint density at radius 2 is 2.11 bits per heavy atom. The van der Waals surface area contributed by atoms with E-state index in [0.717, 1.165) is 5.69 Å². The Kier molecular flexibility index (Phi) is 4.89. The van der Waals surface area contributed by atoms with E-state index in [0.29, 0.717) is 12.2 Å². The maximum atomic E-state index is 11.8. The summed E-state index contributed by atoms with van der Waals surface area (Å²) in [5, 5.41) is 12.8. The summed E-state index contributed by atoms with van der Waals surface area (Å²) in [6, 6.07) is 2.88. The molecule has 0 fully saturated rings. The average Bonchev–Trinajstić information content (AvgIpc) is 2.31. The van der Waals surface area contributed by atoms with E-state index in [4.69, 9.17) is 4.74 Å². The SMILES string of the molecule is COC(=O)[C@H](NCc1nc(C)ccc1O)C(C)(C)C. The molecule has 106 valence electrons. The third-order valence-corrected chi connectivity index (χ3v) is 2.87. The molecule has 1 rings (SSSR count). The van der Waals surface area contributed by atoms with Gasteiger partial charge in [-0.05, 0) is 24.5 Å². The first-order valence-electron chi connectivity index (χ1n) is 6.22. The highest BCUT2D eigenvalue weighted by Crippen LogP contribution is 2.22. The fourth-order valence-electron chi connectivity index (χ4n) is 1.79. The minimum Gasteiger partial charge on any atom is -0.506 e. The number of aromatic hydroxyl groups is 1. The van der Waals surface area contributed by atoms with Gasteiger partial charge in [0.1, 0.15) is 11.8 Å². The summed E-state index contributed by atoms with van der Waals surface area (Å²) in [5.74, 6) is -0.199. The van der Waals surface area contributed by atoms with Crippen molar-refractivity contribution < 1.29 is 14.6 Å². The molecule has 1 heterocycles. The molecule has 5 nitrogen and oxygen atoms in total. The molecule has 0 aliphatic rings. The standard InChI is InChI=1S/C14H22N2O3/c1-9-6-7-11(17)10(16-9)8-15-12(13(18)19-5)14(2,3)4/h6-7,12,15,17H,8H2,1-5H3/t12-/m0/s1. The van der Waals surface area contributed by atoms with E-state index in [1.54, 1.807) is 12.1 Å². The summed E-state index contributed by atoms with van der Waals surface area (Å²) in [4.78, 5) is 16.0. The predicted molar refractivity (Wildman–Crippen MR) is 72.7 cm³/mol. The van der Waals surface area contributed by atoms with Crippen LogP contribution in [0.4, 0.5) is 0 Å². The number of methoxy groups -OCH3 is 1.